The Hall–Kier alpha value is -2.79. The molecule has 0 atom stereocenters. The number of nitriles is 3. The first kappa shape index (κ1) is 17.6. The Morgan fingerprint density at radius 3 is 2.12 bits per heavy atom. The molecule has 1 aliphatic heterocycles. The molecule has 0 amide bonds. The summed E-state index contributed by atoms with van der Waals surface area (Å²) in [6.07, 6.45) is 1.30. The topological polar surface area (TPSA) is 102 Å². The highest BCUT2D eigenvalue weighted by Crippen LogP contribution is 2.36. The van der Waals surface area contributed by atoms with Gasteiger partial charge in [0.05, 0.1) is 22.8 Å². The SMILES string of the molecule is CC1(C)OB(c2cc(C#N)cc(NC=C(C#N)C#N)c2)OC1(C)C. The van der Waals surface area contributed by atoms with E-state index in [1.165, 1.54) is 6.20 Å². The summed E-state index contributed by atoms with van der Waals surface area (Å²) in [4.78, 5) is 0. The molecule has 0 radical (unpaired) electrons. The van der Waals surface area contributed by atoms with E-state index in [1.54, 1.807) is 30.3 Å². The highest BCUT2D eigenvalue weighted by Gasteiger charge is 2.51. The fourth-order valence-electron chi connectivity index (χ4n) is 2.16. The van der Waals surface area contributed by atoms with Gasteiger partial charge in [0.1, 0.15) is 17.7 Å². The second-order valence-electron chi connectivity index (χ2n) is 6.47. The van der Waals surface area contributed by atoms with Crippen LogP contribution in [0.1, 0.15) is 33.3 Å². The van der Waals surface area contributed by atoms with E-state index in [4.69, 9.17) is 19.8 Å². The first-order chi connectivity index (χ1) is 11.2. The van der Waals surface area contributed by atoms with Crippen molar-refractivity contribution in [3.63, 3.8) is 0 Å². The van der Waals surface area contributed by atoms with Gasteiger partial charge >= 0.3 is 7.12 Å². The fourth-order valence-corrected chi connectivity index (χ4v) is 2.16. The van der Waals surface area contributed by atoms with Gasteiger partial charge in [-0.3, -0.25) is 0 Å². The van der Waals surface area contributed by atoms with Gasteiger partial charge in [0.25, 0.3) is 0 Å². The van der Waals surface area contributed by atoms with E-state index in [0.717, 1.165) is 0 Å². The molecule has 24 heavy (non-hydrogen) atoms. The standard InChI is InChI=1S/C17H17BN4O2/c1-16(2)17(3,4)24-18(23-16)14-5-12(8-19)6-15(7-14)22-11-13(9-20)10-21/h5-7,11,22H,1-4H3. The molecule has 2 rings (SSSR count). The van der Waals surface area contributed by atoms with E-state index in [1.807, 2.05) is 27.7 Å². The summed E-state index contributed by atoms with van der Waals surface area (Å²) in [5.41, 5.74) is 0.662. The van der Waals surface area contributed by atoms with E-state index in [2.05, 4.69) is 11.4 Å². The number of benzene rings is 1. The summed E-state index contributed by atoms with van der Waals surface area (Å²) in [5.74, 6) is 0. The molecule has 1 saturated heterocycles. The molecule has 7 heteroatoms. The monoisotopic (exact) mass is 320 g/mol. The average Bonchev–Trinajstić information content (AvgIpc) is 2.76. The Balaban J connectivity index is 2.35. The Bertz CT molecular complexity index is 777. The Kier molecular flexibility index (Phi) is 4.67. The van der Waals surface area contributed by atoms with Crippen molar-refractivity contribution in [3.8, 4) is 18.2 Å². The molecule has 1 fully saturated rings. The summed E-state index contributed by atoms with van der Waals surface area (Å²) in [5, 5.41) is 29.6. The third-order valence-corrected chi connectivity index (χ3v) is 4.23. The fraction of sp³-hybridized carbons (Fsp3) is 0.353. The molecule has 1 aromatic rings. The second-order valence-corrected chi connectivity index (χ2v) is 6.47. The Labute approximate surface area is 142 Å². The summed E-state index contributed by atoms with van der Waals surface area (Å²) < 4.78 is 12.0. The van der Waals surface area contributed by atoms with E-state index in [0.29, 0.717) is 16.7 Å². The van der Waals surface area contributed by atoms with Crippen LogP contribution in [0.2, 0.25) is 0 Å². The van der Waals surface area contributed by atoms with Gasteiger partial charge in [-0.25, -0.2) is 0 Å². The van der Waals surface area contributed by atoms with Gasteiger partial charge in [-0.1, -0.05) is 0 Å². The van der Waals surface area contributed by atoms with Crippen LogP contribution in [0.4, 0.5) is 5.69 Å². The molecular formula is C17H17BN4O2. The van der Waals surface area contributed by atoms with Gasteiger partial charge in [0.2, 0.25) is 0 Å². The van der Waals surface area contributed by atoms with E-state index in [9.17, 15) is 5.26 Å². The normalized spacial score (nSPS) is 17.3. The largest absolute Gasteiger partial charge is 0.494 e. The van der Waals surface area contributed by atoms with Crippen LogP contribution in [-0.2, 0) is 9.31 Å². The van der Waals surface area contributed by atoms with Crippen molar-refractivity contribution >= 4 is 18.3 Å². The minimum atomic E-state index is -0.598. The third kappa shape index (κ3) is 3.41. The predicted molar refractivity (Wildman–Crippen MR) is 89.8 cm³/mol. The number of nitrogens with zero attached hydrogens (tertiary/aromatic N) is 3. The van der Waals surface area contributed by atoms with Gasteiger partial charge in [0, 0.05) is 11.9 Å². The van der Waals surface area contributed by atoms with E-state index >= 15 is 0 Å². The minimum Gasteiger partial charge on any atom is -0.399 e. The molecule has 1 aromatic carbocycles. The quantitative estimate of drug-likeness (QED) is 0.676. The number of nitrogens with one attached hydrogen (secondary N) is 1. The van der Waals surface area contributed by atoms with Crippen LogP contribution >= 0.6 is 0 Å². The molecule has 0 aromatic heterocycles. The maximum absolute atomic E-state index is 9.22. The zero-order valence-corrected chi connectivity index (χ0v) is 14.0. The van der Waals surface area contributed by atoms with Crippen LogP contribution < -0.4 is 10.8 Å². The third-order valence-electron chi connectivity index (χ3n) is 4.23. The van der Waals surface area contributed by atoms with Crippen molar-refractivity contribution in [2.24, 2.45) is 0 Å². The van der Waals surface area contributed by atoms with E-state index in [-0.39, 0.29) is 5.57 Å². The van der Waals surface area contributed by atoms with Crippen molar-refractivity contribution < 1.29 is 9.31 Å². The lowest BCUT2D eigenvalue weighted by molar-refractivity contribution is 0.00578. The van der Waals surface area contributed by atoms with Gasteiger partial charge in [-0.2, -0.15) is 15.8 Å². The molecule has 0 bridgehead atoms. The lowest BCUT2D eigenvalue weighted by atomic mass is 9.78. The first-order valence-corrected chi connectivity index (χ1v) is 7.40. The Morgan fingerprint density at radius 1 is 1.04 bits per heavy atom. The van der Waals surface area contributed by atoms with Crippen molar-refractivity contribution in [2.75, 3.05) is 5.32 Å². The van der Waals surface area contributed by atoms with Gasteiger partial charge in [-0.15, -0.1) is 0 Å². The molecule has 1 N–H and O–H groups in total. The number of hydrogen-bond donors (Lipinski definition) is 1. The van der Waals surface area contributed by atoms with Crippen LogP contribution in [0.5, 0.6) is 0 Å². The summed E-state index contributed by atoms with van der Waals surface area (Å²) in [7, 11) is -0.598. The summed E-state index contributed by atoms with van der Waals surface area (Å²) in [6.45, 7) is 7.81. The first-order valence-electron chi connectivity index (χ1n) is 7.40. The lowest BCUT2D eigenvalue weighted by Gasteiger charge is -2.32. The number of anilines is 1. The van der Waals surface area contributed by atoms with Crippen LogP contribution in [0.3, 0.4) is 0 Å². The van der Waals surface area contributed by atoms with Crippen molar-refractivity contribution in [2.45, 2.75) is 38.9 Å². The molecule has 0 unspecified atom stereocenters. The zero-order valence-electron chi connectivity index (χ0n) is 14.0. The predicted octanol–water partition coefficient (Wildman–Crippen LogP) is 2.20. The number of rotatable bonds is 3. The molecule has 1 aliphatic rings. The molecule has 0 spiro atoms. The highest BCUT2D eigenvalue weighted by atomic mass is 16.7. The minimum absolute atomic E-state index is 0.0606. The molecule has 0 aliphatic carbocycles. The molecule has 6 nitrogen and oxygen atoms in total. The summed E-state index contributed by atoms with van der Waals surface area (Å²) in [6, 6.07) is 10.7. The lowest BCUT2D eigenvalue weighted by Crippen LogP contribution is -2.41. The maximum atomic E-state index is 9.22. The molecule has 0 saturated carbocycles. The smallest absolute Gasteiger partial charge is 0.399 e. The Morgan fingerprint density at radius 2 is 1.62 bits per heavy atom. The molecule has 1 heterocycles. The maximum Gasteiger partial charge on any atom is 0.494 e. The molecular weight excluding hydrogens is 303 g/mol. The van der Waals surface area contributed by atoms with Crippen molar-refractivity contribution in [1.82, 2.24) is 0 Å². The second kappa shape index (κ2) is 6.38. The zero-order chi connectivity index (χ0) is 18.0. The van der Waals surface area contributed by atoms with Gasteiger partial charge < -0.3 is 14.6 Å². The van der Waals surface area contributed by atoms with Crippen LogP contribution in [0.15, 0.2) is 30.0 Å². The van der Waals surface area contributed by atoms with Crippen LogP contribution in [0.25, 0.3) is 0 Å². The van der Waals surface area contributed by atoms with Crippen LogP contribution in [0, 0.1) is 34.0 Å². The van der Waals surface area contributed by atoms with Crippen molar-refractivity contribution in [1.29, 1.82) is 15.8 Å². The number of hydrogen-bond acceptors (Lipinski definition) is 6. The number of allylic oxidation sites excluding steroid dienone is 1. The molecule has 120 valence electrons. The summed E-state index contributed by atoms with van der Waals surface area (Å²) >= 11 is 0. The van der Waals surface area contributed by atoms with E-state index < -0.39 is 18.3 Å². The average molecular weight is 320 g/mol. The van der Waals surface area contributed by atoms with Crippen molar-refractivity contribution in [3.05, 3.63) is 35.5 Å². The van der Waals surface area contributed by atoms with Crippen LogP contribution in [-0.4, -0.2) is 18.3 Å². The van der Waals surface area contributed by atoms with Gasteiger partial charge in [-0.05, 0) is 51.4 Å². The highest BCUT2D eigenvalue weighted by molar-refractivity contribution is 6.62. The van der Waals surface area contributed by atoms with Gasteiger partial charge in [0.15, 0.2) is 0 Å².